The molecule has 0 saturated carbocycles. The van der Waals surface area contributed by atoms with Crippen molar-refractivity contribution >= 4 is 11.9 Å². The first-order valence-electron chi connectivity index (χ1n) is 8.72. The van der Waals surface area contributed by atoms with Gasteiger partial charge >= 0.3 is 24.8 Å². The fourth-order valence-corrected chi connectivity index (χ4v) is 2.50. The second kappa shape index (κ2) is 10.4. The highest BCUT2D eigenvalue weighted by atomic mass is 19.3. The monoisotopic (exact) mass is 408 g/mol. The van der Waals surface area contributed by atoms with E-state index in [1.54, 1.807) is 0 Å². The largest absolute Gasteiger partial charge is 0.454 e. The number of carbonyl (C=O) groups is 2. The minimum absolute atomic E-state index is 0.370. The number of hydrogen-bond acceptors (Lipinski definition) is 6. The SMILES string of the molecule is CCCCCc1cc(F)c(C(=O)OC2COC(OC(=O)C(F)F)OC2)c(F)c1. The number of rotatable bonds is 8. The summed E-state index contributed by atoms with van der Waals surface area (Å²) in [6, 6.07) is 2.17. The lowest BCUT2D eigenvalue weighted by Gasteiger charge is -2.28. The van der Waals surface area contributed by atoms with Crippen LogP contribution in [-0.4, -0.2) is 44.2 Å². The smallest absolute Gasteiger partial charge is 0.377 e. The Morgan fingerprint density at radius 3 is 2.25 bits per heavy atom. The molecule has 1 aromatic rings. The van der Waals surface area contributed by atoms with Gasteiger partial charge in [0.05, 0.1) is 13.2 Å². The Hall–Kier alpha value is -2.20. The van der Waals surface area contributed by atoms with Crippen LogP contribution in [-0.2, 0) is 30.2 Å². The van der Waals surface area contributed by atoms with E-state index in [2.05, 4.69) is 4.74 Å². The zero-order valence-corrected chi connectivity index (χ0v) is 15.1. The van der Waals surface area contributed by atoms with Crippen LogP contribution in [0.25, 0.3) is 0 Å². The van der Waals surface area contributed by atoms with Crippen molar-refractivity contribution in [3.05, 3.63) is 34.9 Å². The Balaban J connectivity index is 1.90. The van der Waals surface area contributed by atoms with Crippen molar-refractivity contribution in [3.8, 4) is 0 Å². The minimum Gasteiger partial charge on any atom is -0.454 e. The third-order valence-corrected chi connectivity index (χ3v) is 3.88. The molecule has 10 heteroatoms. The summed E-state index contributed by atoms with van der Waals surface area (Å²) in [5, 5.41) is 0. The van der Waals surface area contributed by atoms with Crippen LogP contribution in [0.2, 0.25) is 0 Å². The van der Waals surface area contributed by atoms with Crippen LogP contribution >= 0.6 is 0 Å². The highest BCUT2D eigenvalue weighted by Crippen LogP contribution is 2.20. The van der Waals surface area contributed by atoms with Crippen molar-refractivity contribution in [2.75, 3.05) is 13.2 Å². The lowest BCUT2D eigenvalue weighted by atomic mass is 10.0. The summed E-state index contributed by atoms with van der Waals surface area (Å²) in [6.07, 6.45) is -1.27. The Labute approximate surface area is 158 Å². The number of ether oxygens (including phenoxy) is 4. The first kappa shape index (κ1) is 22.1. The van der Waals surface area contributed by atoms with Gasteiger partial charge in [-0.05, 0) is 30.5 Å². The zero-order chi connectivity index (χ0) is 20.7. The first-order valence-corrected chi connectivity index (χ1v) is 8.72. The van der Waals surface area contributed by atoms with Gasteiger partial charge in [-0.2, -0.15) is 8.78 Å². The number of hydrogen-bond donors (Lipinski definition) is 0. The molecule has 156 valence electrons. The molecule has 1 aromatic carbocycles. The molecule has 1 saturated heterocycles. The van der Waals surface area contributed by atoms with E-state index in [0.29, 0.717) is 12.0 Å². The maximum Gasteiger partial charge on any atom is 0.377 e. The number of esters is 2. The molecule has 0 aliphatic carbocycles. The fraction of sp³-hybridized carbons (Fsp3) is 0.556. The molecule has 1 aliphatic heterocycles. The van der Waals surface area contributed by atoms with E-state index in [1.165, 1.54) is 0 Å². The molecule has 0 spiro atoms. The number of carbonyl (C=O) groups excluding carboxylic acids is 2. The van der Waals surface area contributed by atoms with Gasteiger partial charge in [0.2, 0.25) is 0 Å². The van der Waals surface area contributed by atoms with Crippen molar-refractivity contribution in [2.24, 2.45) is 0 Å². The molecule has 0 N–H and O–H groups in total. The third-order valence-electron chi connectivity index (χ3n) is 3.88. The summed E-state index contributed by atoms with van der Waals surface area (Å²) in [5.41, 5.74) is -0.404. The number of halogens is 4. The molecule has 28 heavy (non-hydrogen) atoms. The summed E-state index contributed by atoms with van der Waals surface area (Å²) < 4.78 is 71.3. The van der Waals surface area contributed by atoms with Gasteiger partial charge in [0.15, 0.2) is 0 Å². The van der Waals surface area contributed by atoms with Crippen LogP contribution in [0.15, 0.2) is 12.1 Å². The molecule has 0 aromatic heterocycles. The summed E-state index contributed by atoms with van der Waals surface area (Å²) in [6.45, 7) is -0.409. The average molecular weight is 408 g/mol. The van der Waals surface area contributed by atoms with Gasteiger partial charge in [0, 0.05) is 0 Å². The van der Waals surface area contributed by atoms with Crippen molar-refractivity contribution in [1.82, 2.24) is 0 Å². The zero-order valence-electron chi connectivity index (χ0n) is 15.1. The molecular weight excluding hydrogens is 388 g/mol. The van der Waals surface area contributed by atoms with E-state index in [0.717, 1.165) is 31.4 Å². The molecule has 1 heterocycles. The molecule has 2 rings (SSSR count). The van der Waals surface area contributed by atoms with Crippen LogP contribution in [0.3, 0.4) is 0 Å². The number of unbranched alkanes of at least 4 members (excludes halogenated alkanes) is 2. The van der Waals surface area contributed by atoms with Crippen LogP contribution in [0.5, 0.6) is 0 Å². The Morgan fingerprint density at radius 2 is 1.71 bits per heavy atom. The van der Waals surface area contributed by atoms with E-state index >= 15 is 0 Å². The van der Waals surface area contributed by atoms with Crippen molar-refractivity contribution in [2.45, 2.75) is 51.6 Å². The average Bonchev–Trinajstić information content (AvgIpc) is 2.63. The van der Waals surface area contributed by atoms with Gasteiger partial charge in [0.25, 0.3) is 0 Å². The molecule has 0 amide bonds. The first-order chi connectivity index (χ1) is 13.3. The Kier molecular flexibility index (Phi) is 8.18. The van der Waals surface area contributed by atoms with E-state index in [9.17, 15) is 27.2 Å². The lowest BCUT2D eigenvalue weighted by Crippen LogP contribution is -2.41. The van der Waals surface area contributed by atoms with Gasteiger partial charge in [-0.25, -0.2) is 18.4 Å². The van der Waals surface area contributed by atoms with Gasteiger partial charge in [-0.1, -0.05) is 19.8 Å². The predicted molar refractivity (Wildman–Crippen MR) is 86.6 cm³/mol. The Bertz CT molecular complexity index is 666. The summed E-state index contributed by atoms with van der Waals surface area (Å²) in [5.74, 6) is -5.17. The number of benzene rings is 1. The fourth-order valence-electron chi connectivity index (χ4n) is 2.50. The van der Waals surface area contributed by atoms with Crippen LogP contribution in [0.4, 0.5) is 17.6 Å². The van der Waals surface area contributed by atoms with Gasteiger partial charge in [-0.3, -0.25) is 0 Å². The number of alkyl halides is 2. The summed E-state index contributed by atoms with van der Waals surface area (Å²) in [7, 11) is 0. The highest BCUT2D eigenvalue weighted by Gasteiger charge is 2.31. The standard InChI is InChI=1S/C18H20F4O6/c1-2-3-4-5-10-6-12(19)14(13(20)7-10)16(23)27-11-8-25-18(26-9-11)28-17(24)15(21)22/h6-7,11,15,18H,2-5,8-9H2,1H3. The maximum absolute atomic E-state index is 14.2. The second-order valence-corrected chi connectivity index (χ2v) is 6.11. The quantitative estimate of drug-likeness (QED) is 0.373. The van der Waals surface area contributed by atoms with Gasteiger partial charge in [0.1, 0.15) is 23.3 Å². The minimum atomic E-state index is -3.35. The molecular formula is C18H20F4O6. The number of aryl methyl sites for hydroxylation is 1. The third kappa shape index (κ3) is 6.16. The lowest BCUT2D eigenvalue weighted by molar-refractivity contribution is -0.317. The predicted octanol–water partition coefficient (Wildman–Crippen LogP) is 3.36. The summed E-state index contributed by atoms with van der Waals surface area (Å²) >= 11 is 0. The van der Waals surface area contributed by atoms with E-state index < -0.39 is 48.1 Å². The van der Waals surface area contributed by atoms with E-state index in [-0.39, 0.29) is 13.2 Å². The van der Waals surface area contributed by atoms with E-state index in [1.807, 2.05) is 6.92 Å². The Morgan fingerprint density at radius 1 is 1.11 bits per heavy atom. The highest BCUT2D eigenvalue weighted by molar-refractivity contribution is 5.90. The van der Waals surface area contributed by atoms with Crippen LogP contribution in [0, 0.1) is 11.6 Å². The van der Waals surface area contributed by atoms with Crippen LogP contribution < -0.4 is 0 Å². The van der Waals surface area contributed by atoms with Crippen molar-refractivity contribution in [3.63, 3.8) is 0 Å². The van der Waals surface area contributed by atoms with Crippen LogP contribution in [0.1, 0.15) is 42.1 Å². The van der Waals surface area contributed by atoms with Gasteiger partial charge in [-0.15, -0.1) is 0 Å². The normalized spacial score (nSPS) is 19.5. The maximum atomic E-state index is 14.2. The second-order valence-electron chi connectivity index (χ2n) is 6.11. The molecule has 1 aliphatic rings. The van der Waals surface area contributed by atoms with Crippen molar-refractivity contribution in [1.29, 1.82) is 0 Å². The molecule has 0 bridgehead atoms. The molecule has 0 atom stereocenters. The molecule has 0 unspecified atom stereocenters. The van der Waals surface area contributed by atoms with Gasteiger partial charge < -0.3 is 18.9 Å². The van der Waals surface area contributed by atoms with Crippen molar-refractivity contribution < 1.29 is 46.1 Å². The molecule has 6 nitrogen and oxygen atoms in total. The molecule has 0 radical (unpaired) electrons. The molecule has 1 fully saturated rings. The van der Waals surface area contributed by atoms with E-state index in [4.69, 9.17) is 14.2 Å². The topological polar surface area (TPSA) is 71.1 Å². The summed E-state index contributed by atoms with van der Waals surface area (Å²) in [4.78, 5) is 22.8.